The number of halogens is 2. The minimum atomic E-state index is -0.340. The molecule has 0 unspecified atom stereocenters. The summed E-state index contributed by atoms with van der Waals surface area (Å²) in [5, 5.41) is 9.98. The van der Waals surface area contributed by atoms with Crippen LogP contribution < -0.4 is 0 Å². The average Bonchev–Trinajstić information content (AvgIpc) is 3.04. The molecule has 2 aromatic carbocycles. The number of nitrogens with zero attached hydrogens (tertiary/aromatic N) is 1. The number of furan rings is 1. The highest BCUT2D eigenvalue weighted by Crippen LogP contribution is 2.29. The number of nitriles is 1. The van der Waals surface area contributed by atoms with Crippen molar-refractivity contribution in [3.05, 3.63) is 82.3 Å². The normalized spacial score (nSPS) is 11.3. The van der Waals surface area contributed by atoms with Gasteiger partial charge in [-0.2, -0.15) is 5.26 Å². The first-order chi connectivity index (χ1) is 11.6. The zero-order valence-corrected chi connectivity index (χ0v) is 13.6. The largest absolute Gasteiger partial charge is 0.457 e. The van der Waals surface area contributed by atoms with Crippen molar-refractivity contribution in [2.24, 2.45) is 0 Å². The molecule has 0 aliphatic rings. The van der Waals surface area contributed by atoms with E-state index in [0.717, 1.165) is 11.1 Å². The van der Waals surface area contributed by atoms with Crippen LogP contribution in [0.2, 0.25) is 5.02 Å². The van der Waals surface area contributed by atoms with Crippen molar-refractivity contribution < 1.29 is 8.81 Å². The highest BCUT2D eigenvalue weighted by molar-refractivity contribution is 6.30. The molecule has 3 rings (SSSR count). The molecule has 0 bridgehead atoms. The van der Waals surface area contributed by atoms with Crippen molar-refractivity contribution in [1.29, 1.82) is 5.26 Å². The zero-order chi connectivity index (χ0) is 17.1. The third kappa shape index (κ3) is 3.40. The predicted molar refractivity (Wildman–Crippen MR) is 93.8 cm³/mol. The molecule has 0 aliphatic heterocycles. The summed E-state index contributed by atoms with van der Waals surface area (Å²) in [5.74, 6) is 0.885. The first kappa shape index (κ1) is 16.0. The summed E-state index contributed by atoms with van der Waals surface area (Å²) in [7, 11) is 0. The quantitative estimate of drug-likeness (QED) is 0.540. The van der Waals surface area contributed by atoms with E-state index in [9.17, 15) is 9.65 Å². The third-order valence-electron chi connectivity index (χ3n) is 3.65. The lowest BCUT2D eigenvalue weighted by molar-refractivity contribution is 0.571. The van der Waals surface area contributed by atoms with E-state index >= 15 is 0 Å². The first-order valence-electron chi connectivity index (χ1n) is 7.31. The van der Waals surface area contributed by atoms with Crippen molar-refractivity contribution >= 4 is 23.3 Å². The molecule has 2 nitrogen and oxygen atoms in total. The molecule has 118 valence electrons. The van der Waals surface area contributed by atoms with Gasteiger partial charge < -0.3 is 4.42 Å². The van der Waals surface area contributed by atoms with Crippen LogP contribution in [0.15, 0.2) is 59.0 Å². The molecule has 1 aromatic heterocycles. The Labute approximate surface area is 144 Å². The van der Waals surface area contributed by atoms with Crippen LogP contribution in [0.1, 0.15) is 16.9 Å². The molecule has 0 aliphatic carbocycles. The molecule has 3 aromatic rings. The number of benzene rings is 2. The summed E-state index contributed by atoms with van der Waals surface area (Å²) >= 11 is 6.05. The van der Waals surface area contributed by atoms with Crippen LogP contribution in [0.4, 0.5) is 4.39 Å². The van der Waals surface area contributed by atoms with Crippen molar-refractivity contribution in [1.82, 2.24) is 0 Å². The van der Waals surface area contributed by atoms with Gasteiger partial charge in [-0.1, -0.05) is 29.8 Å². The van der Waals surface area contributed by atoms with Crippen molar-refractivity contribution in [2.45, 2.75) is 6.92 Å². The molecule has 0 amide bonds. The van der Waals surface area contributed by atoms with E-state index in [0.29, 0.717) is 27.7 Å². The second-order valence-corrected chi connectivity index (χ2v) is 5.77. The molecule has 0 radical (unpaired) electrons. The third-order valence-corrected chi connectivity index (χ3v) is 3.89. The first-order valence-corrected chi connectivity index (χ1v) is 7.69. The van der Waals surface area contributed by atoms with E-state index in [2.05, 4.69) is 6.07 Å². The zero-order valence-electron chi connectivity index (χ0n) is 12.9. The Bertz CT molecular complexity index is 949. The molecular formula is C20H13ClFNO. The van der Waals surface area contributed by atoms with Crippen LogP contribution in [-0.4, -0.2) is 0 Å². The summed E-state index contributed by atoms with van der Waals surface area (Å²) in [4.78, 5) is 0. The minimum absolute atomic E-state index is 0.340. The standard InChI is InChI=1S/C20H13ClFNO/c1-13-2-5-16(21)11-19(13)20-9-8-18(24-20)10-15(12-23)14-3-6-17(22)7-4-14/h2-11H,1H3. The van der Waals surface area contributed by atoms with Gasteiger partial charge >= 0.3 is 0 Å². The Balaban J connectivity index is 1.96. The van der Waals surface area contributed by atoms with Gasteiger partial charge in [0, 0.05) is 10.6 Å². The topological polar surface area (TPSA) is 36.9 Å². The Morgan fingerprint density at radius 3 is 2.58 bits per heavy atom. The van der Waals surface area contributed by atoms with E-state index < -0.39 is 0 Å². The van der Waals surface area contributed by atoms with Gasteiger partial charge in [0.15, 0.2) is 0 Å². The fourth-order valence-corrected chi connectivity index (χ4v) is 2.56. The highest BCUT2D eigenvalue weighted by Gasteiger charge is 2.09. The maximum atomic E-state index is 13.0. The van der Waals surface area contributed by atoms with Gasteiger partial charge in [0.05, 0.1) is 11.6 Å². The SMILES string of the molecule is Cc1ccc(Cl)cc1-c1ccc(C=C(C#N)c2ccc(F)cc2)o1. The van der Waals surface area contributed by atoms with Crippen LogP contribution in [0.3, 0.4) is 0 Å². The number of aryl methyl sites for hydroxylation is 1. The number of allylic oxidation sites excluding steroid dienone is 1. The Kier molecular flexibility index (Phi) is 4.50. The van der Waals surface area contributed by atoms with Gasteiger partial charge in [-0.15, -0.1) is 0 Å². The molecule has 0 saturated carbocycles. The molecule has 1 heterocycles. The van der Waals surface area contributed by atoms with Gasteiger partial charge in [0.2, 0.25) is 0 Å². The number of hydrogen-bond donors (Lipinski definition) is 0. The van der Waals surface area contributed by atoms with E-state index in [-0.39, 0.29) is 5.82 Å². The van der Waals surface area contributed by atoms with Crippen LogP contribution in [0, 0.1) is 24.1 Å². The lowest BCUT2D eigenvalue weighted by Gasteiger charge is -2.03. The van der Waals surface area contributed by atoms with E-state index in [1.165, 1.54) is 12.1 Å². The lowest BCUT2D eigenvalue weighted by atomic mass is 10.1. The molecule has 0 fully saturated rings. The Morgan fingerprint density at radius 2 is 1.88 bits per heavy atom. The predicted octanol–water partition coefficient (Wildman–Crippen LogP) is 6.11. The summed E-state index contributed by atoms with van der Waals surface area (Å²) in [6.45, 7) is 1.98. The lowest BCUT2D eigenvalue weighted by Crippen LogP contribution is -1.82. The van der Waals surface area contributed by atoms with E-state index in [1.807, 2.05) is 31.2 Å². The summed E-state index contributed by atoms with van der Waals surface area (Å²) in [6, 6.07) is 17.1. The van der Waals surface area contributed by atoms with E-state index in [1.54, 1.807) is 24.3 Å². The van der Waals surface area contributed by atoms with Gasteiger partial charge in [-0.05, 0) is 60.5 Å². The van der Waals surface area contributed by atoms with E-state index in [4.69, 9.17) is 16.0 Å². The fourth-order valence-electron chi connectivity index (χ4n) is 2.39. The van der Waals surface area contributed by atoms with Crippen LogP contribution in [0.25, 0.3) is 23.0 Å². The summed E-state index contributed by atoms with van der Waals surface area (Å²) < 4.78 is 18.8. The van der Waals surface area contributed by atoms with Gasteiger partial charge in [-0.3, -0.25) is 0 Å². The second-order valence-electron chi connectivity index (χ2n) is 5.34. The molecule has 0 spiro atoms. The Hall–Kier alpha value is -2.83. The number of rotatable bonds is 3. The van der Waals surface area contributed by atoms with Gasteiger partial charge in [0.1, 0.15) is 17.3 Å². The smallest absolute Gasteiger partial charge is 0.135 e. The molecule has 0 atom stereocenters. The fraction of sp³-hybridized carbons (Fsp3) is 0.0500. The summed E-state index contributed by atoms with van der Waals surface area (Å²) in [6.07, 6.45) is 1.64. The van der Waals surface area contributed by atoms with Crippen LogP contribution >= 0.6 is 11.6 Å². The highest BCUT2D eigenvalue weighted by atomic mass is 35.5. The van der Waals surface area contributed by atoms with Gasteiger partial charge in [-0.25, -0.2) is 4.39 Å². The number of hydrogen-bond acceptors (Lipinski definition) is 2. The monoisotopic (exact) mass is 337 g/mol. The van der Waals surface area contributed by atoms with Crippen molar-refractivity contribution in [3.8, 4) is 17.4 Å². The molecule has 0 N–H and O–H groups in total. The Morgan fingerprint density at radius 1 is 1.12 bits per heavy atom. The maximum absolute atomic E-state index is 13.0. The molecule has 0 saturated heterocycles. The minimum Gasteiger partial charge on any atom is -0.457 e. The second kappa shape index (κ2) is 6.74. The van der Waals surface area contributed by atoms with Crippen LogP contribution in [0.5, 0.6) is 0 Å². The van der Waals surface area contributed by atoms with Crippen molar-refractivity contribution in [3.63, 3.8) is 0 Å². The molecule has 24 heavy (non-hydrogen) atoms. The summed E-state index contributed by atoms with van der Waals surface area (Å²) in [5.41, 5.74) is 2.99. The maximum Gasteiger partial charge on any atom is 0.135 e. The van der Waals surface area contributed by atoms with Gasteiger partial charge in [0.25, 0.3) is 0 Å². The van der Waals surface area contributed by atoms with Crippen molar-refractivity contribution in [2.75, 3.05) is 0 Å². The molecular weight excluding hydrogens is 325 g/mol. The molecule has 4 heteroatoms. The average molecular weight is 338 g/mol. The van der Waals surface area contributed by atoms with Crippen LogP contribution in [-0.2, 0) is 0 Å².